The summed E-state index contributed by atoms with van der Waals surface area (Å²) in [5, 5.41) is 8.72. The van der Waals surface area contributed by atoms with Gasteiger partial charge in [0, 0.05) is 18.2 Å². The third-order valence-electron chi connectivity index (χ3n) is 4.46. The fourth-order valence-corrected chi connectivity index (χ4v) is 3.88. The van der Waals surface area contributed by atoms with Gasteiger partial charge in [0.2, 0.25) is 0 Å². The van der Waals surface area contributed by atoms with Gasteiger partial charge in [0.25, 0.3) is 5.91 Å². The van der Waals surface area contributed by atoms with E-state index in [4.69, 9.17) is 5.73 Å². The predicted octanol–water partition coefficient (Wildman–Crippen LogP) is 1.91. The second-order valence-corrected chi connectivity index (χ2v) is 7.73. The molecule has 1 aliphatic heterocycles. The molecular formula is C21H22N4O4S. The number of ether oxygens (including phenoxy) is 1. The summed E-state index contributed by atoms with van der Waals surface area (Å²) in [6.45, 7) is 1.66. The van der Waals surface area contributed by atoms with Gasteiger partial charge in [-0.1, -0.05) is 11.8 Å². The molecule has 1 atom stereocenters. The first-order valence-electron chi connectivity index (χ1n) is 9.38. The maximum Gasteiger partial charge on any atom is 0.337 e. The number of carbonyl (C=O) groups excluding carboxylic acids is 3. The van der Waals surface area contributed by atoms with Gasteiger partial charge in [0.1, 0.15) is 4.88 Å². The molecule has 30 heavy (non-hydrogen) atoms. The molecule has 2 heterocycles. The molecule has 0 spiro atoms. The third kappa shape index (κ3) is 5.59. The zero-order valence-electron chi connectivity index (χ0n) is 16.4. The van der Waals surface area contributed by atoms with E-state index >= 15 is 0 Å². The first-order chi connectivity index (χ1) is 14.5. The molecule has 2 aromatic rings. The Balaban J connectivity index is 1.79. The van der Waals surface area contributed by atoms with E-state index in [-0.39, 0.29) is 11.9 Å². The topological polar surface area (TPSA) is 123 Å². The van der Waals surface area contributed by atoms with E-state index in [1.807, 2.05) is 0 Å². The monoisotopic (exact) mass is 426 g/mol. The van der Waals surface area contributed by atoms with Crippen LogP contribution in [0.1, 0.15) is 43.3 Å². The number of carbonyl (C=O) groups is 3. The fourth-order valence-electron chi connectivity index (χ4n) is 3.01. The predicted molar refractivity (Wildman–Crippen MR) is 115 cm³/mol. The van der Waals surface area contributed by atoms with Crippen LogP contribution >= 0.6 is 11.3 Å². The Morgan fingerprint density at radius 1 is 1.23 bits per heavy atom. The Hall–Kier alpha value is -3.35. The van der Waals surface area contributed by atoms with Crippen LogP contribution in [-0.4, -0.2) is 44.1 Å². The zero-order valence-corrected chi connectivity index (χ0v) is 17.2. The van der Waals surface area contributed by atoms with Crippen LogP contribution in [0.25, 0.3) is 0 Å². The van der Waals surface area contributed by atoms with Crippen molar-refractivity contribution in [3.05, 3.63) is 51.2 Å². The van der Waals surface area contributed by atoms with E-state index in [1.165, 1.54) is 18.4 Å². The molecule has 1 saturated heterocycles. The number of amides is 3. The van der Waals surface area contributed by atoms with Crippen LogP contribution in [0.3, 0.4) is 0 Å². The quantitative estimate of drug-likeness (QED) is 0.439. The van der Waals surface area contributed by atoms with Gasteiger partial charge in [-0.05, 0) is 49.7 Å². The summed E-state index contributed by atoms with van der Waals surface area (Å²) in [5.41, 5.74) is 6.70. The maximum atomic E-state index is 12.7. The molecule has 8 nitrogen and oxygen atoms in total. The molecule has 5 N–H and O–H groups in total. The van der Waals surface area contributed by atoms with E-state index in [1.54, 1.807) is 30.3 Å². The number of hydrogen-bond acceptors (Lipinski definition) is 6. The number of hydrogen-bond donors (Lipinski definition) is 4. The van der Waals surface area contributed by atoms with Crippen LogP contribution in [0.2, 0.25) is 0 Å². The highest BCUT2D eigenvalue weighted by molar-refractivity contribution is 7.15. The van der Waals surface area contributed by atoms with Crippen molar-refractivity contribution in [3.8, 4) is 11.8 Å². The van der Waals surface area contributed by atoms with Crippen molar-refractivity contribution in [3.63, 3.8) is 0 Å². The van der Waals surface area contributed by atoms with Crippen LogP contribution in [0.4, 0.5) is 10.5 Å². The normalized spacial score (nSPS) is 15.4. The van der Waals surface area contributed by atoms with Crippen molar-refractivity contribution in [1.82, 2.24) is 10.6 Å². The Labute approximate surface area is 178 Å². The summed E-state index contributed by atoms with van der Waals surface area (Å²) >= 11 is 1.18. The molecule has 0 bridgehead atoms. The SMILES string of the molecule is COC(=O)c1ccc(C#Cc2cc(NC(N)=O)c(C(=O)N[C@H]3CCCNC3)s2)cc1. The van der Waals surface area contributed by atoms with Gasteiger partial charge in [0.15, 0.2) is 0 Å². The molecule has 0 aliphatic carbocycles. The Kier molecular flexibility index (Phi) is 7.06. The zero-order chi connectivity index (χ0) is 21.5. The van der Waals surface area contributed by atoms with E-state index in [0.29, 0.717) is 33.1 Å². The van der Waals surface area contributed by atoms with Crippen molar-refractivity contribution < 1.29 is 19.1 Å². The number of primary amides is 1. The molecule has 1 aromatic heterocycles. The Morgan fingerprint density at radius 3 is 2.63 bits per heavy atom. The van der Waals surface area contributed by atoms with Crippen LogP contribution in [-0.2, 0) is 4.74 Å². The van der Waals surface area contributed by atoms with Crippen molar-refractivity contribution in [2.45, 2.75) is 18.9 Å². The van der Waals surface area contributed by atoms with Crippen molar-refractivity contribution in [1.29, 1.82) is 0 Å². The molecule has 1 aliphatic rings. The van der Waals surface area contributed by atoms with E-state index in [9.17, 15) is 14.4 Å². The summed E-state index contributed by atoms with van der Waals surface area (Å²) in [4.78, 5) is 36.5. The lowest BCUT2D eigenvalue weighted by atomic mass is 10.1. The van der Waals surface area contributed by atoms with Crippen LogP contribution in [0, 0.1) is 11.8 Å². The number of urea groups is 1. The number of anilines is 1. The summed E-state index contributed by atoms with van der Waals surface area (Å²) in [6, 6.07) is 7.58. The minimum absolute atomic E-state index is 0.0395. The lowest BCUT2D eigenvalue weighted by Gasteiger charge is -2.23. The lowest BCUT2D eigenvalue weighted by molar-refractivity contribution is 0.0600. The molecule has 1 aromatic carbocycles. The van der Waals surface area contributed by atoms with Gasteiger partial charge in [-0.25, -0.2) is 9.59 Å². The third-order valence-corrected chi connectivity index (χ3v) is 5.51. The number of nitrogens with one attached hydrogen (secondary N) is 3. The first kappa shape index (κ1) is 21.4. The molecule has 0 unspecified atom stereocenters. The van der Waals surface area contributed by atoms with Gasteiger partial charge in [-0.2, -0.15) is 0 Å². The summed E-state index contributed by atoms with van der Waals surface area (Å²) < 4.78 is 4.67. The summed E-state index contributed by atoms with van der Waals surface area (Å²) in [6.07, 6.45) is 1.89. The van der Waals surface area contributed by atoms with Gasteiger partial charge < -0.3 is 26.4 Å². The van der Waals surface area contributed by atoms with E-state index < -0.39 is 12.0 Å². The fraction of sp³-hybridized carbons (Fsp3) is 0.286. The average molecular weight is 426 g/mol. The minimum Gasteiger partial charge on any atom is -0.465 e. The highest BCUT2D eigenvalue weighted by atomic mass is 32.1. The Morgan fingerprint density at radius 2 is 2.00 bits per heavy atom. The van der Waals surface area contributed by atoms with Gasteiger partial charge >= 0.3 is 12.0 Å². The number of thiophene rings is 1. The molecule has 3 rings (SSSR count). The van der Waals surface area contributed by atoms with Crippen LogP contribution in [0.5, 0.6) is 0 Å². The van der Waals surface area contributed by atoms with Gasteiger partial charge in [0.05, 0.1) is 23.2 Å². The highest BCUT2D eigenvalue weighted by Gasteiger charge is 2.21. The van der Waals surface area contributed by atoms with Gasteiger partial charge in [-0.15, -0.1) is 11.3 Å². The Bertz CT molecular complexity index is 998. The van der Waals surface area contributed by atoms with E-state index in [0.717, 1.165) is 19.4 Å². The molecule has 0 radical (unpaired) electrons. The molecule has 9 heteroatoms. The largest absolute Gasteiger partial charge is 0.465 e. The minimum atomic E-state index is -0.751. The van der Waals surface area contributed by atoms with E-state index in [2.05, 4.69) is 32.5 Å². The number of rotatable bonds is 4. The molecule has 0 saturated carbocycles. The number of esters is 1. The average Bonchev–Trinajstić information content (AvgIpc) is 3.15. The number of methoxy groups -OCH3 is 1. The smallest absolute Gasteiger partial charge is 0.337 e. The number of benzene rings is 1. The lowest BCUT2D eigenvalue weighted by Crippen LogP contribution is -2.45. The summed E-state index contributed by atoms with van der Waals surface area (Å²) in [7, 11) is 1.32. The molecular weight excluding hydrogens is 404 g/mol. The van der Waals surface area contributed by atoms with Crippen molar-refractivity contribution >= 4 is 34.9 Å². The van der Waals surface area contributed by atoms with Gasteiger partial charge in [-0.3, -0.25) is 4.79 Å². The molecule has 156 valence electrons. The van der Waals surface area contributed by atoms with Crippen LogP contribution in [0.15, 0.2) is 30.3 Å². The van der Waals surface area contributed by atoms with Crippen molar-refractivity contribution in [2.24, 2.45) is 5.73 Å². The molecule has 1 fully saturated rings. The van der Waals surface area contributed by atoms with Crippen molar-refractivity contribution in [2.75, 3.05) is 25.5 Å². The standard InChI is InChI=1S/C21H22N4O4S/c1-29-20(27)14-7-4-13(5-8-14)6-9-16-11-17(25-21(22)28)18(30-16)19(26)24-15-3-2-10-23-12-15/h4-5,7-8,11,15,23H,2-3,10,12H2,1H3,(H,24,26)(H3,22,25,28)/t15-/m0/s1. The number of nitrogens with two attached hydrogens (primary N) is 1. The summed E-state index contributed by atoms with van der Waals surface area (Å²) in [5.74, 6) is 5.28. The second-order valence-electron chi connectivity index (χ2n) is 6.68. The first-order valence-corrected chi connectivity index (χ1v) is 10.2. The second kappa shape index (κ2) is 9.91. The molecule has 3 amide bonds. The number of piperidine rings is 1. The highest BCUT2D eigenvalue weighted by Crippen LogP contribution is 2.27. The maximum absolute atomic E-state index is 12.7. The van der Waals surface area contributed by atoms with Crippen LogP contribution < -0.4 is 21.7 Å².